The van der Waals surface area contributed by atoms with E-state index in [1.54, 1.807) is 0 Å². The van der Waals surface area contributed by atoms with Crippen molar-refractivity contribution in [2.45, 2.75) is 31.3 Å². The van der Waals surface area contributed by atoms with Gasteiger partial charge in [0.05, 0.1) is 23.0 Å². The zero-order valence-corrected chi connectivity index (χ0v) is 10.3. The second-order valence-electron chi connectivity index (χ2n) is 4.12. The van der Waals surface area contributed by atoms with Crippen LogP contribution in [0.1, 0.15) is 30.7 Å². The molecule has 0 aliphatic rings. The Labute approximate surface area is 111 Å². The van der Waals surface area contributed by atoms with Crippen molar-refractivity contribution < 1.29 is 10.0 Å². The monoisotopic (exact) mass is 258 g/mol. The van der Waals surface area contributed by atoms with E-state index in [0.717, 1.165) is 0 Å². The summed E-state index contributed by atoms with van der Waals surface area (Å²) < 4.78 is 0. The largest absolute Gasteiger partial charge is 0.391 e. The molecule has 1 rings (SSSR count). The molecule has 0 spiro atoms. The van der Waals surface area contributed by atoms with Gasteiger partial charge in [-0.1, -0.05) is 12.1 Å². The molecule has 0 bridgehead atoms. The number of non-ortho nitro benzene ring substituents is 1. The van der Waals surface area contributed by atoms with Crippen LogP contribution in [0.15, 0.2) is 24.3 Å². The van der Waals surface area contributed by atoms with Gasteiger partial charge in [-0.05, 0) is 18.4 Å². The van der Waals surface area contributed by atoms with E-state index >= 15 is 0 Å². The summed E-state index contributed by atoms with van der Waals surface area (Å²) in [5.41, 5.74) is 0.531. The highest BCUT2D eigenvalue weighted by Gasteiger charge is 2.21. The van der Waals surface area contributed by atoms with Gasteiger partial charge in [-0.25, -0.2) is 0 Å². The fourth-order valence-electron chi connectivity index (χ4n) is 1.77. The van der Waals surface area contributed by atoms with Crippen LogP contribution in [0.5, 0.6) is 0 Å². The highest BCUT2D eigenvalue weighted by Crippen LogP contribution is 2.24. The predicted molar refractivity (Wildman–Crippen MR) is 70.1 cm³/mol. The molecule has 1 aromatic rings. The number of nitriles is 1. The zero-order valence-electron chi connectivity index (χ0n) is 10.3. The highest BCUT2D eigenvalue weighted by atomic mass is 16.6. The van der Waals surface area contributed by atoms with Crippen LogP contribution < -0.4 is 0 Å². The maximum atomic E-state index is 10.5. The number of aliphatic hydroxyl groups excluding tert-OH is 1. The first-order chi connectivity index (χ1) is 9.10. The third-order valence-electron chi connectivity index (χ3n) is 2.81. The van der Waals surface area contributed by atoms with Crippen LogP contribution in [0.3, 0.4) is 0 Å². The van der Waals surface area contributed by atoms with E-state index in [9.17, 15) is 15.2 Å². The van der Waals surface area contributed by atoms with Crippen molar-refractivity contribution in [2.75, 3.05) is 0 Å². The van der Waals surface area contributed by atoms with Crippen molar-refractivity contribution in [3.05, 3.63) is 39.9 Å². The molecule has 1 aromatic carbocycles. The third kappa shape index (κ3) is 4.09. The molecule has 0 fully saturated rings. The Morgan fingerprint density at radius 1 is 1.42 bits per heavy atom. The van der Waals surface area contributed by atoms with E-state index in [4.69, 9.17) is 11.7 Å². The van der Waals surface area contributed by atoms with Crippen LogP contribution in [0.25, 0.3) is 0 Å². The van der Waals surface area contributed by atoms with Gasteiger partial charge in [0, 0.05) is 18.6 Å². The number of unbranched alkanes of at least 4 members (excludes halogenated alkanes) is 1. The predicted octanol–water partition coefficient (Wildman–Crippen LogP) is 2.37. The van der Waals surface area contributed by atoms with E-state index in [1.807, 2.05) is 6.07 Å². The van der Waals surface area contributed by atoms with Crippen LogP contribution in [0, 0.1) is 33.8 Å². The van der Waals surface area contributed by atoms with Gasteiger partial charge in [-0.2, -0.15) is 5.26 Å². The lowest BCUT2D eigenvalue weighted by atomic mass is 9.91. The Morgan fingerprint density at radius 2 is 2.05 bits per heavy atom. The summed E-state index contributed by atoms with van der Waals surface area (Å²) in [6, 6.07) is 7.67. The van der Waals surface area contributed by atoms with E-state index in [1.165, 1.54) is 24.3 Å². The van der Waals surface area contributed by atoms with Gasteiger partial charge in [0.1, 0.15) is 0 Å². The fraction of sp³-hybridized carbons (Fsp3) is 0.357. The quantitative estimate of drug-likeness (QED) is 0.367. The molecule has 0 aliphatic heterocycles. The summed E-state index contributed by atoms with van der Waals surface area (Å²) in [7, 11) is 0. The summed E-state index contributed by atoms with van der Waals surface area (Å²) in [6.45, 7) is 0. The lowest BCUT2D eigenvalue weighted by Gasteiger charge is -2.16. The number of hydrogen-bond donors (Lipinski definition) is 1. The minimum Gasteiger partial charge on any atom is -0.391 e. The number of rotatable bonds is 6. The molecule has 0 saturated carbocycles. The molecular weight excluding hydrogens is 244 g/mol. The van der Waals surface area contributed by atoms with Gasteiger partial charge in [-0.15, -0.1) is 12.3 Å². The molecule has 0 heterocycles. The van der Waals surface area contributed by atoms with Crippen molar-refractivity contribution in [3.8, 4) is 18.4 Å². The minimum atomic E-state index is -0.820. The van der Waals surface area contributed by atoms with E-state index in [2.05, 4.69) is 5.92 Å². The van der Waals surface area contributed by atoms with Crippen molar-refractivity contribution in [3.63, 3.8) is 0 Å². The van der Waals surface area contributed by atoms with Crippen LogP contribution in [0.2, 0.25) is 0 Å². The molecule has 19 heavy (non-hydrogen) atoms. The molecule has 2 unspecified atom stereocenters. The number of nitro benzene ring substituents is 1. The van der Waals surface area contributed by atoms with Crippen LogP contribution in [-0.4, -0.2) is 16.1 Å². The molecule has 0 aromatic heterocycles. The number of hydrogen-bond acceptors (Lipinski definition) is 4. The average Bonchev–Trinajstić information content (AvgIpc) is 2.40. The summed E-state index contributed by atoms with van der Waals surface area (Å²) in [6.07, 6.45) is 5.92. The molecule has 1 N–H and O–H groups in total. The molecule has 0 aliphatic carbocycles. The molecule has 98 valence electrons. The van der Waals surface area contributed by atoms with Gasteiger partial charge < -0.3 is 5.11 Å². The summed E-state index contributed by atoms with van der Waals surface area (Å²) >= 11 is 0. The van der Waals surface area contributed by atoms with Crippen molar-refractivity contribution in [1.82, 2.24) is 0 Å². The normalized spacial score (nSPS) is 13.0. The van der Waals surface area contributed by atoms with Crippen molar-refractivity contribution in [1.29, 1.82) is 5.26 Å². The van der Waals surface area contributed by atoms with Crippen LogP contribution in [0.4, 0.5) is 5.69 Å². The van der Waals surface area contributed by atoms with Gasteiger partial charge in [0.2, 0.25) is 0 Å². The van der Waals surface area contributed by atoms with Gasteiger partial charge >= 0.3 is 0 Å². The van der Waals surface area contributed by atoms with Crippen LogP contribution in [-0.2, 0) is 0 Å². The Balaban J connectivity index is 2.77. The second-order valence-corrected chi connectivity index (χ2v) is 4.12. The fourth-order valence-corrected chi connectivity index (χ4v) is 1.77. The topological polar surface area (TPSA) is 87.2 Å². The van der Waals surface area contributed by atoms with Gasteiger partial charge in [0.15, 0.2) is 0 Å². The summed E-state index contributed by atoms with van der Waals surface area (Å²) in [5, 5.41) is 29.6. The smallest absolute Gasteiger partial charge is 0.269 e. The second kappa shape index (κ2) is 7.15. The molecule has 5 nitrogen and oxygen atoms in total. The molecule has 0 radical (unpaired) electrons. The third-order valence-corrected chi connectivity index (χ3v) is 2.81. The Hall–Kier alpha value is -2.37. The Kier molecular flexibility index (Phi) is 5.53. The maximum absolute atomic E-state index is 10.5. The summed E-state index contributed by atoms with van der Waals surface area (Å²) in [5.74, 6) is 1.77. The maximum Gasteiger partial charge on any atom is 0.269 e. The lowest BCUT2D eigenvalue weighted by Crippen LogP contribution is -2.17. The molecule has 2 atom stereocenters. The Bertz CT molecular complexity index is 511. The molecule has 0 saturated heterocycles. The molecule has 0 amide bonds. The van der Waals surface area contributed by atoms with Crippen molar-refractivity contribution >= 4 is 5.69 Å². The van der Waals surface area contributed by atoms with E-state index in [0.29, 0.717) is 24.8 Å². The highest BCUT2D eigenvalue weighted by molar-refractivity contribution is 5.36. The number of nitrogens with zero attached hydrogens (tertiary/aromatic N) is 2. The van der Waals surface area contributed by atoms with Gasteiger partial charge in [0.25, 0.3) is 5.69 Å². The molecule has 5 heteroatoms. The first-order valence-electron chi connectivity index (χ1n) is 5.85. The van der Waals surface area contributed by atoms with Crippen molar-refractivity contribution in [2.24, 2.45) is 0 Å². The van der Waals surface area contributed by atoms with E-state index in [-0.39, 0.29) is 5.69 Å². The number of benzene rings is 1. The first kappa shape index (κ1) is 14.7. The number of terminal acetylenes is 1. The zero-order chi connectivity index (χ0) is 14.3. The number of nitro groups is 1. The molecular formula is C14H14N2O3. The lowest BCUT2D eigenvalue weighted by molar-refractivity contribution is -0.384. The minimum absolute atomic E-state index is 0.0396. The first-order valence-corrected chi connectivity index (χ1v) is 5.85. The van der Waals surface area contributed by atoms with Crippen LogP contribution >= 0.6 is 0 Å². The van der Waals surface area contributed by atoms with E-state index < -0.39 is 16.9 Å². The Morgan fingerprint density at radius 3 is 2.53 bits per heavy atom. The SMILES string of the molecule is C#CCCCC(O)C(C#N)c1ccc([N+](=O)[O-])cc1. The summed E-state index contributed by atoms with van der Waals surface area (Å²) in [4.78, 5) is 10.0. The van der Waals surface area contributed by atoms with Gasteiger partial charge in [-0.3, -0.25) is 10.1 Å². The number of aliphatic hydroxyl groups is 1. The standard InChI is InChI=1S/C14H14N2O3/c1-2-3-4-5-14(17)13(10-15)11-6-8-12(9-7-11)16(18)19/h1,6-9,13-14,17H,3-5H2. The average molecular weight is 258 g/mol.